The molecule has 0 unspecified atom stereocenters. The summed E-state index contributed by atoms with van der Waals surface area (Å²) in [5.41, 5.74) is 2.22. The third kappa shape index (κ3) is 4.01. The first-order valence-corrected chi connectivity index (χ1v) is 12.0. The summed E-state index contributed by atoms with van der Waals surface area (Å²) in [7, 11) is 0. The summed E-state index contributed by atoms with van der Waals surface area (Å²) in [6.07, 6.45) is 2.36. The van der Waals surface area contributed by atoms with E-state index in [1.807, 2.05) is 35.2 Å². The Hall–Kier alpha value is -3.85. The van der Waals surface area contributed by atoms with Crippen molar-refractivity contribution in [1.82, 2.24) is 9.47 Å². The van der Waals surface area contributed by atoms with E-state index in [-0.39, 0.29) is 11.6 Å². The van der Waals surface area contributed by atoms with Crippen LogP contribution in [0.15, 0.2) is 67.1 Å². The smallest absolute Gasteiger partial charge is 0.398 e. The first kappa shape index (κ1) is 21.7. The van der Waals surface area contributed by atoms with Crippen LogP contribution in [0.1, 0.15) is 18.4 Å². The van der Waals surface area contributed by atoms with Gasteiger partial charge in [0.25, 0.3) is 0 Å². The van der Waals surface area contributed by atoms with E-state index in [1.54, 1.807) is 6.07 Å². The van der Waals surface area contributed by atoms with Crippen molar-refractivity contribution in [1.29, 1.82) is 0 Å². The highest BCUT2D eigenvalue weighted by molar-refractivity contribution is 5.96. The molecule has 0 aliphatic carbocycles. The number of piperazine rings is 1. The van der Waals surface area contributed by atoms with Crippen molar-refractivity contribution < 1.29 is 13.7 Å². The SMILES string of the molecule is O=C1CCc2ccccc2N1CCCN1CCN(c2ccc3cc4oc(=O)c(=O)on4c3c2)CC1. The molecule has 9 nitrogen and oxygen atoms in total. The number of benzene rings is 2. The van der Waals surface area contributed by atoms with Crippen molar-refractivity contribution in [3.8, 4) is 0 Å². The van der Waals surface area contributed by atoms with E-state index in [4.69, 9.17) is 8.94 Å². The van der Waals surface area contributed by atoms with Gasteiger partial charge in [0.2, 0.25) is 11.6 Å². The van der Waals surface area contributed by atoms with Gasteiger partial charge in [-0.05, 0) is 43.1 Å². The Kier molecular flexibility index (Phi) is 5.41. The molecule has 1 fully saturated rings. The van der Waals surface area contributed by atoms with Crippen molar-refractivity contribution >= 4 is 33.9 Å². The fourth-order valence-electron chi connectivity index (χ4n) is 5.18. The Balaban J connectivity index is 1.09. The lowest BCUT2D eigenvalue weighted by Crippen LogP contribution is -2.47. The molecule has 180 valence electrons. The molecule has 4 aromatic rings. The predicted molar refractivity (Wildman–Crippen MR) is 132 cm³/mol. The fourth-order valence-corrected chi connectivity index (χ4v) is 5.18. The van der Waals surface area contributed by atoms with Gasteiger partial charge in [0.1, 0.15) is 0 Å². The molecule has 2 aliphatic rings. The molecular weight excluding hydrogens is 448 g/mol. The first-order valence-electron chi connectivity index (χ1n) is 12.0. The number of aryl methyl sites for hydroxylation is 1. The van der Waals surface area contributed by atoms with E-state index in [9.17, 15) is 14.4 Å². The van der Waals surface area contributed by atoms with Crippen LogP contribution in [0.2, 0.25) is 0 Å². The summed E-state index contributed by atoms with van der Waals surface area (Å²) >= 11 is 0. The minimum absolute atomic E-state index is 0.210. The molecule has 0 bridgehead atoms. The van der Waals surface area contributed by atoms with E-state index in [2.05, 4.69) is 21.9 Å². The average Bonchev–Trinajstić information content (AvgIpc) is 3.22. The van der Waals surface area contributed by atoms with Crippen LogP contribution in [0.25, 0.3) is 16.6 Å². The zero-order valence-corrected chi connectivity index (χ0v) is 19.3. The highest BCUT2D eigenvalue weighted by Crippen LogP contribution is 2.28. The second-order valence-corrected chi connectivity index (χ2v) is 9.14. The normalized spacial score (nSPS) is 16.9. The monoisotopic (exact) mass is 474 g/mol. The maximum atomic E-state index is 12.5. The van der Waals surface area contributed by atoms with Gasteiger partial charge >= 0.3 is 11.3 Å². The van der Waals surface area contributed by atoms with Crippen LogP contribution in [0.3, 0.4) is 0 Å². The molecular formula is C26H26N4O5. The van der Waals surface area contributed by atoms with E-state index in [1.165, 1.54) is 10.1 Å². The van der Waals surface area contributed by atoms with E-state index in [0.717, 1.165) is 68.9 Å². The van der Waals surface area contributed by atoms with Gasteiger partial charge in [-0.25, -0.2) is 9.59 Å². The van der Waals surface area contributed by atoms with Gasteiger partial charge in [0, 0.05) is 62.0 Å². The molecule has 2 aromatic heterocycles. The Morgan fingerprint density at radius 3 is 2.51 bits per heavy atom. The highest BCUT2D eigenvalue weighted by Gasteiger charge is 2.24. The lowest BCUT2D eigenvalue weighted by atomic mass is 10.0. The number of para-hydroxylation sites is 1. The van der Waals surface area contributed by atoms with Gasteiger partial charge in [-0.15, -0.1) is 4.57 Å². The number of hydrogen-bond acceptors (Lipinski definition) is 7. The third-order valence-corrected chi connectivity index (χ3v) is 7.04. The number of hydrogen-bond donors (Lipinski definition) is 0. The predicted octanol–water partition coefficient (Wildman–Crippen LogP) is 2.49. The van der Waals surface area contributed by atoms with Crippen molar-refractivity contribution in [3.63, 3.8) is 0 Å². The molecule has 4 heterocycles. The molecule has 1 saturated heterocycles. The molecule has 1 amide bonds. The molecule has 9 heteroatoms. The third-order valence-electron chi connectivity index (χ3n) is 7.04. The van der Waals surface area contributed by atoms with Gasteiger partial charge in [0.15, 0.2) is 0 Å². The van der Waals surface area contributed by atoms with E-state index >= 15 is 0 Å². The highest BCUT2D eigenvalue weighted by atomic mass is 16.5. The number of fused-ring (bicyclic) bond motifs is 4. The summed E-state index contributed by atoms with van der Waals surface area (Å²) in [4.78, 5) is 42.3. The van der Waals surface area contributed by atoms with Crippen molar-refractivity contribution in [2.24, 2.45) is 0 Å². The lowest BCUT2D eigenvalue weighted by Gasteiger charge is -2.36. The number of carbonyl (C=O) groups excluding carboxylic acids is 1. The van der Waals surface area contributed by atoms with Gasteiger partial charge in [0.05, 0.1) is 5.52 Å². The zero-order valence-electron chi connectivity index (χ0n) is 19.3. The van der Waals surface area contributed by atoms with Crippen LogP contribution >= 0.6 is 0 Å². The first-order chi connectivity index (χ1) is 17.1. The van der Waals surface area contributed by atoms with Crippen LogP contribution in [0.4, 0.5) is 11.4 Å². The van der Waals surface area contributed by atoms with Crippen molar-refractivity contribution in [2.45, 2.75) is 19.3 Å². The van der Waals surface area contributed by atoms with Crippen LogP contribution in [0.5, 0.6) is 0 Å². The number of anilines is 2. The minimum atomic E-state index is -1.02. The summed E-state index contributed by atoms with van der Waals surface area (Å²) in [6, 6.07) is 15.8. The summed E-state index contributed by atoms with van der Waals surface area (Å²) < 4.78 is 11.4. The molecule has 2 aromatic carbocycles. The molecule has 0 saturated carbocycles. The average molecular weight is 475 g/mol. The summed E-state index contributed by atoms with van der Waals surface area (Å²) in [5, 5.41) is 0.832. The van der Waals surface area contributed by atoms with Crippen molar-refractivity contribution in [3.05, 3.63) is 74.9 Å². The summed E-state index contributed by atoms with van der Waals surface area (Å²) in [6.45, 7) is 5.31. The van der Waals surface area contributed by atoms with Crippen LogP contribution in [-0.4, -0.2) is 54.6 Å². The molecule has 0 spiro atoms. The van der Waals surface area contributed by atoms with Crippen LogP contribution < -0.4 is 21.1 Å². The van der Waals surface area contributed by atoms with Gasteiger partial charge in [-0.2, -0.15) is 0 Å². The van der Waals surface area contributed by atoms with Gasteiger partial charge < -0.3 is 18.7 Å². The fraction of sp³-hybridized carbons (Fsp3) is 0.346. The second-order valence-electron chi connectivity index (χ2n) is 9.14. The Morgan fingerprint density at radius 1 is 0.829 bits per heavy atom. The van der Waals surface area contributed by atoms with Gasteiger partial charge in [-0.3, -0.25) is 9.69 Å². The number of carbonyl (C=O) groups is 1. The second kappa shape index (κ2) is 8.74. The van der Waals surface area contributed by atoms with E-state index in [0.29, 0.717) is 11.9 Å². The molecule has 0 atom stereocenters. The maximum absolute atomic E-state index is 12.5. The van der Waals surface area contributed by atoms with Crippen molar-refractivity contribution in [2.75, 3.05) is 49.1 Å². The quantitative estimate of drug-likeness (QED) is 0.411. The Morgan fingerprint density at radius 2 is 1.66 bits per heavy atom. The largest absolute Gasteiger partial charge is 0.442 e. The van der Waals surface area contributed by atoms with Crippen LogP contribution in [-0.2, 0) is 11.2 Å². The zero-order chi connectivity index (χ0) is 23.9. The van der Waals surface area contributed by atoms with Gasteiger partial charge in [-0.1, -0.05) is 24.3 Å². The molecule has 2 aliphatic heterocycles. The number of amides is 1. The lowest BCUT2D eigenvalue weighted by molar-refractivity contribution is -0.118. The topological polar surface area (TPSA) is 91.6 Å². The standard InChI is InChI=1S/C26H26N4O5/c31-23-9-7-18-4-1-2-5-21(18)29(23)11-3-10-27-12-14-28(15-13-27)20-8-6-19-16-24-30(22(19)17-20)35-26(33)25(32)34-24/h1-2,4-6,8,16-17H,3,7,9-15H2. The number of rotatable bonds is 5. The molecule has 0 N–H and O–H groups in total. The Bertz CT molecular complexity index is 1530. The minimum Gasteiger partial charge on any atom is -0.398 e. The summed E-state index contributed by atoms with van der Waals surface area (Å²) in [5.74, 6) is 0.219. The Labute approximate surface area is 200 Å². The molecule has 35 heavy (non-hydrogen) atoms. The molecule has 0 radical (unpaired) electrons. The molecule has 6 rings (SSSR count). The maximum Gasteiger partial charge on any atom is 0.442 e. The number of aromatic nitrogens is 1. The number of nitrogens with zero attached hydrogens (tertiary/aromatic N) is 4. The van der Waals surface area contributed by atoms with E-state index < -0.39 is 11.3 Å². The van der Waals surface area contributed by atoms with Crippen LogP contribution in [0, 0.1) is 0 Å².